The Hall–Kier alpha value is -1.84. The lowest BCUT2D eigenvalue weighted by Gasteiger charge is -2.26. The minimum atomic E-state index is -0.542. The molecule has 1 aromatic carbocycles. The van der Waals surface area contributed by atoms with Gasteiger partial charge in [-0.3, -0.25) is 4.79 Å². The second-order valence-corrected chi connectivity index (χ2v) is 4.30. The van der Waals surface area contributed by atoms with E-state index in [0.29, 0.717) is 18.7 Å². The minimum Gasteiger partial charge on any atom is -0.396 e. The van der Waals surface area contributed by atoms with Gasteiger partial charge < -0.3 is 10.6 Å². The van der Waals surface area contributed by atoms with Crippen LogP contribution in [0.1, 0.15) is 23.7 Å². The van der Waals surface area contributed by atoms with Gasteiger partial charge in [0.2, 0.25) is 0 Å². The van der Waals surface area contributed by atoms with Crippen LogP contribution >= 0.6 is 0 Å². The molecule has 0 aliphatic carbocycles. The standard InChI is InChI=1S/C13H15FN2O/c1-9-3-2-6-16(8-9)13(17)10-4-5-12(15)11(14)7-10/h3-5,7H,2,6,8,15H2,1H3. The second kappa shape index (κ2) is 4.57. The van der Waals surface area contributed by atoms with Crippen LogP contribution in [0.3, 0.4) is 0 Å². The van der Waals surface area contributed by atoms with Crippen molar-refractivity contribution in [3.8, 4) is 0 Å². The summed E-state index contributed by atoms with van der Waals surface area (Å²) < 4.78 is 13.3. The maximum Gasteiger partial charge on any atom is 0.254 e. The molecule has 0 atom stereocenters. The predicted octanol–water partition coefficient (Wildman–Crippen LogP) is 2.20. The van der Waals surface area contributed by atoms with E-state index in [9.17, 15) is 9.18 Å². The highest BCUT2D eigenvalue weighted by Gasteiger charge is 2.18. The molecule has 90 valence electrons. The summed E-state index contributed by atoms with van der Waals surface area (Å²) in [7, 11) is 0. The average molecular weight is 234 g/mol. The molecule has 0 spiro atoms. The monoisotopic (exact) mass is 234 g/mol. The average Bonchev–Trinajstić information content (AvgIpc) is 2.32. The summed E-state index contributed by atoms with van der Waals surface area (Å²) in [6.45, 7) is 3.29. The second-order valence-electron chi connectivity index (χ2n) is 4.30. The molecule has 0 unspecified atom stereocenters. The number of nitrogen functional groups attached to an aromatic ring is 1. The normalized spacial score (nSPS) is 15.6. The van der Waals surface area contributed by atoms with Crippen LogP contribution in [0.25, 0.3) is 0 Å². The Morgan fingerprint density at radius 2 is 2.24 bits per heavy atom. The van der Waals surface area contributed by atoms with Gasteiger partial charge in [-0.2, -0.15) is 0 Å². The molecule has 3 nitrogen and oxygen atoms in total. The van der Waals surface area contributed by atoms with Crippen molar-refractivity contribution in [2.75, 3.05) is 18.8 Å². The van der Waals surface area contributed by atoms with Crippen molar-refractivity contribution in [2.24, 2.45) is 0 Å². The van der Waals surface area contributed by atoms with Crippen molar-refractivity contribution >= 4 is 11.6 Å². The maximum absolute atomic E-state index is 13.3. The lowest BCUT2D eigenvalue weighted by atomic mass is 10.1. The number of carbonyl (C=O) groups is 1. The fourth-order valence-corrected chi connectivity index (χ4v) is 1.93. The van der Waals surface area contributed by atoms with E-state index in [1.54, 1.807) is 11.0 Å². The summed E-state index contributed by atoms with van der Waals surface area (Å²) in [4.78, 5) is 13.8. The molecule has 2 N–H and O–H groups in total. The minimum absolute atomic E-state index is 0.0660. The summed E-state index contributed by atoms with van der Waals surface area (Å²) >= 11 is 0. The molecule has 1 aliphatic rings. The number of hydrogen-bond acceptors (Lipinski definition) is 2. The van der Waals surface area contributed by atoms with Gasteiger partial charge in [-0.05, 0) is 31.5 Å². The first-order chi connectivity index (χ1) is 8.08. The number of rotatable bonds is 1. The van der Waals surface area contributed by atoms with Crippen LogP contribution in [-0.4, -0.2) is 23.9 Å². The summed E-state index contributed by atoms with van der Waals surface area (Å²) in [6.07, 6.45) is 2.97. The highest BCUT2D eigenvalue weighted by Crippen LogP contribution is 2.16. The van der Waals surface area contributed by atoms with E-state index in [4.69, 9.17) is 5.73 Å². The number of amides is 1. The van der Waals surface area contributed by atoms with Gasteiger partial charge in [0, 0.05) is 18.7 Å². The van der Waals surface area contributed by atoms with Gasteiger partial charge in [-0.25, -0.2) is 4.39 Å². The molecule has 17 heavy (non-hydrogen) atoms. The Morgan fingerprint density at radius 3 is 2.88 bits per heavy atom. The van der Waals surface area contributed by atoms with Gasteiger partial charge in [0.05, 0.1) is 5.69 Å². The molecule has 0 bridgehead atoms. The molecule has 0 radical (unpaired) electrons. The van der Waals surface area contributed by atoms with Crippen LogP contribution < -0.4 is 5.73 Å². The number of carbonyl (C=O) groups excluding carboxylic acids is 1. The number of nitrogens with zero attached hydrogens (tertiary/aromatic N) is 1. The molecule has 0 saturated carbocycles. The van der Waals surface area contributed by atoms with E-state index < -0.39 is 5.82 Å². The topological polar surface area (TPSA) is 46.3 Å². The van der Waals surface area contributed by atoms with Gasteiger partial charge in [0.25, 0.3) is 5.91 Å². The molecule has 1 aliphatic heterocycles. The number of halogens is 1. The first kappa shape index (κ1) is 11.6. The van der Waals surface area contributed by atoms with E-state index in [1.165, 1.54) is 17.7 Å². The summed E-state index contributed by atoms with van der Waals surface area (Å²) in [6, 6.07) is 4.19. The van der Waals surface area contributed by atoms with Crippen LogP contribution in [0, 0.1) is 5.82 Å². The van der Waals surface area contributed by atoms with Gasteiger partial charge >= 0.3 is 0 Å². The van der Waals surface area contributed by atoms with Gasteiger partial charge in [0.15, 0.2) is 0 Å². The molecule has 0 saturated heterocycles. The third-order valence-electron chi connectivity index (χ3n) is 2.87. The molecular formula is C13H15FN2O. The lowest BCUT2D eigenvalue weighted by molar-refractivity contribution is 0.0765. The Labute approximate surface area is 99.7 Å². The Kier molecular flexibility index (Phi) is 3.13. The predicted molar refractivity (Wildman–Crippen MR) is 65.1 cm³/mol. The van der Waals surface area contributed by atoms with E-state index in [0.717, 1.165) is 6.42 Å². The molecule has 1 heterocycles. The maximum atomic E-state index is 13.3. The Bertz CT molecular complexity index is 482. The first-order valence-corrected chi connectivity index (χ1v) is 5.58. The van der Waals surface area contributed by atoms with Crippen molar-refractivity contribution in [1.29, 1.82) is 0 Å². The quantitative estimate of drug-likeness (QED) is 0.598. The molecule has 1 amide bonds. The van der Waals surface area contributed by atoms with Crippen molar-refractivity contribution < 1.29 is 9.18 Å². The Balaban J connectivity index is 2.19. The van der Waals surface area contributed by atoms with Crippen molar-refractivity contribution in [3.63, 3.8) is 0 Å². The zero-order valence-corrected chi connectivity index (χ0v) is 9.74. The lowest BCUT2D eigenvalue weighted by Crippen LogP contribution is -2.35. The van der Waals surface area contributed by atoms with E-state index in [1.807, 2.05) is 6.92 Å². The van der Waals surface area contributed by atoms with Crippen molar-refractivity contribution in [1.82, 2.24) is 4.90 Å². The summed E-state index contributed by atoms with van der Waals surface area (Å²) in [5.74, 6) is -0.684. The van der Waals surface area contributed by atoms with E-state index in [2.05, 4.69) is 6.08 Å². The third-order valence-corrected chi connectivity index (χ3v) is 2.87. The SMILES string of the molecule is CC1=CCCN(C(=O)c2ccc(N)c(F)c2)C1. The molecule has 0 fully saturated rings. The van der Waals surface area contributed by atoms with Crippen LogP contribution in [0.4, 0.5) is 10.1 Å². The van der Waals surface area contributed by atoms with E-state index in [-0.39, 0.29) is 11.6 Å². The molecule has 1 aromatic rings. The highest BCUT2D eigenvalue weighted by atomic mass is 19.1. The van der Waals surface area contributed by atoms with Crippen molar-refractivity contribution in [3.05, 3.63) is 41.2 Å². The molecular weight excluding hydrogens is 219 g/mol. The number of nitrogens with two attached hydrogens (primary N) is 1. The fourth-order valence-electron chi connectivity index (χ4n) is 1.93. The van der Waals surface area contributed by atoms with Crippen LogP contribution in [0.5, 0.6) is 0 Å². The fraction of sp³-hybridized carbons (Fsp3) is 0.308. The van der Waals surface area contributed by atoms with Crippen LogP contribution in [0.2, 0.25) is 0 Å². The van der Waals surface area contributed by atoms with Gasteiger partial charge in [0.1, 0.15) is 5.82 Å². The zero-order valence-electron chi connectivity index (χ0n) is 9.74. The summed E-state index contributed by atoms with van der Waals surface area (Å²) in [5, 5.41) is 0. The molecule has 4 heteroatoms. The third kappa shape index (κ3) is 2.46. The summed E-state index contributed by atoms with van der Waals surface area (Å²) in [5.41, 5.74) is 6.97. The molecule has 2 rings (SSSR count). The molecule has 0 aromatic heterocycles. The highest BCUT2D eigenvalue weighted by molar-refractivity contribution is 5.94. The largest absolute Gasteiger partial charge is 0.396 e. The first-order valence-electron chi connectivity index (χ1n) is 5.58. The van der Waals surface area contributed by atoms with Gasteiger partial charge in [-0.15, -0.1) is 0 Å². The smallest absolute Gasteiger partial charge is 0.254 e. The number of benzene rings is 1. The van der Waals surface area contributed by atoms with E-state index >= 15 is 0 Å². The zero-order chi connectivity index (χ0) is 12.4. The Morgan fingerprint density at radius 1 is 1.47 bits per heavy atom. The number of hydrogen-bond donors (Lipinski definition) is 1. The van der Waals surface area contributed by atoms with Crippen LogP contribution in [0.15, 0.2) is 29.8 Å². The van der Waals surface area contributed by atoms with Crippen molar-refractivity contribution in [2.45, 2.75) is 13.3 Å². The van der Waals surface area contributed by atoms with Crippen LogP contribution in [-0.2, 0) is 0 Å². The van der Waals surface area contributed by atoms with Gasteiger partial charge in [-0.1, -0.05) is 11.6 Å². The number of anilines is 1.